The third-order valence-corrected chi connectivity index (χ3v) is 5.59. The van der Waals surface area contributed by atoms with Gasteiger partial charge in [-0.3, -0.25) is 14.9 Å². The van der Waals surface area contributed by atoms with Gasteiger partial charge in [-0.1, -0.05) is 30.7 Å². The highest BCUT2D eigenvalue weighted by Crippen LogP contribution is 2.28. The molecule has 146 valence electrons. The van der Waals surface area contributed by atoms with Crippen LogP contribution in [0.25, 0.3) is 0 Å². The lowest BCUT2D eigenvalue weighted by Gasteiger charge is -2.22. The second-order valence-corrected chi connectivity index (χ2v) is 7.68. The zero-order valence-corrected chi connectivity index (χ0v) is 15.5. The van der Waals surface area contributed by atoms with Gasteiger partial charge in [0, 0.05) is 17.5 Å². The van der Waals surface area contributed by atoms with Gasteiger partial charge in [0.2, 0.25) is 5.91 Å². The number of para-hydroxylation sites is 2. The lowest BCUT2D eigenvalue weighted by Crippen LogP contribution is -2.31. The van der Waals surface area contributed by atoms with Crippen LogP contribution < -0.4 is 9.61 Å². The van der Waals surface area contributed by atoms with E-state index in [9.17, 15) is 23.3 Å². The number of nitro benzene ring substituents is 1. The zero-order chi connectivity index (χ0) is 20.1. The first kappa shape index (κ1) is 19.5. The molecule has 1 aliphatic rings. The van der Waals surface area contributed by atoms with Crippen molar-refractivity contribution in [2.24, 2.45) is 11.0 Å². The second kappa shape index (κ2) is 8.17. The van der Waals surface area contributed by atoms with Crippen molar-refractivity contribution in [3.8, 4) is 5.75 Å². The SMILES string of the molecule is O=C(N/N=C\c1ccccc1OS(=O)(=O)c1ccccc1[N+](=O)[O-])C1CCC1. The van der Waals surface area contributed by atoms with Crippen LogP contribution in [0.3, 0.4) is 0 Å². The highest BCUT2D eigenvalue weighted by molar-refractivity contribution is 7.87. The predicted molar refractivity (Wildman–Crippen MR) is 100 cm³/mol. The monoisotopic (exact) mass is 403 g/mol. The molecule has 1 amide bonds. The summed E-state index contributed by atoms with van der Waals surface area (Å²) < 4.78 is 30.2. The van der Waals surface area contributed by atoms with E-state index in [-0.39, 0.29) is 17.6 Å². The number of carbonyl (C=O) groups excluding carboxylic acids is 1. The fraction of sp³-hybridized carbons (Fsp3) is 0.222. The molecule has 3 rings (SSSR count). The summed E-state index contributed by atoms with van der Waals surface area (Å²) in [4.78, 5) is 21.6. The molecule has 10 heteroatoms. The number of nitro groups is 1. The second-order valence-electron chi connectivity index (χ2n) is 6.16. The maximum atomic E-state index is 12.6. The molecule has 0 bridgehead atoms. The minimum atomic E-state index is -4.45. The molecule has 2 aromatic carbocycles. The lowest BCUT2D eigenvalue weighted by molar-refractivity contribution is -0.387. The van der Waals surface area contributed by atoms with Crippen molar-refractivity contribution >= 4 is 27.9 Å². The van der Waals surface area contributed by atoms with E-state index >= 15 is 0 Å². The van der Waals surface area contributed by atoms with Gasteiger partial charge in [0.1, 0.15) is 0 Å². The van der Waals surface area contributed by atoms with Crippen LogP contribution in [0.2, 0.25) is 0 Å². The molecule has 1 fully saturated rings. The van der Waals surface area contributed by atoms with Gasteiger partial charge in [0.15, 0.2) is 10.6 Å². The van der Waals surface area contributed by atoms with E-state index in [2.05, 4.69) is 10.5 Å². The molecule has 0 aromatic heterocycles. The van der Waals surface area contributed by atoms with Crippen LogP contribution in [0.4, 0.5) is 5.69 Å². The molecule has 0 unspecified atom stereocenters. The number of nitrogens with zero attached hydrogens (tertiary/aromatic N) is 2. The Bertz CT molecular complexity index is 1030. The molecular formula is C18H17N3O6S. The lowest BCUT2D eigenvalue weighted by atomic mass is 9.85. The molecule has 0 spiro atoms. The molecule has 0 radical (unpaired) electrons. The van der Waals surface area contributed by atoms with Crippen LogP contribution in [-0.2, 0) is 14.9 Å². The molecule has 2 aromatic rings. The van der Waals surface area contributed by atoms with Crippen molar-refractivity contribution in [1.29, 1.82) is 0 Å². The van der Waals surface area contributed by atoms with Crippen molar-refractivity contribution in [1.82, 2.24) is 5.43 Å². The highest BCUT2D eigenvalue weighted by Gasteiger charge is 2.28. The number of nitrogens with one attached hydrogen (secondary N) is 1. The maximum absolute atomic E-state index is 12.6. The van der Waals surface area contributed by atoms with Crippen LogP contribution in [0.1, 0.15) is 24.8 Å². The quantitative estimate of drug-likeness (QED) is 0.327. The van der Waals surface area contributed by atoms with E-state index in [1.165, 1.54) is 24.4 Å². The first-order chi connectivity index (χ1) is 13.4. The Kier molecular flexibility index (Phi) is 5.69. The standard InChI is InChI=1S/C18H17N3O6S/c22-18(13-7-5-8-13)20-19-12-14-6-1-3-10-16(14)27-28(25,26)17-11-4-2-9-15(17)21(23)24/h1-4,6,9-13H,5,7-8H2,(H,20,22)/b19-12-. The van der Waals surface area contributed by atoms with Crippen LogP contribution in [-0.4, -0.2) is 25.5 Å². The van der Waals surface area contributed by atoms with Crippen molar-refractivity contribution in [2.45, 2.75) is 24.2 Å². The van der Waals surface area contributed by atoms with Crippen LogP contribution in [0.15, 0.2) is 58.5 Å². The zero-order valence-electron chi connectivity index (χ0n) is 14.6. The topological polar surface area (TPSA) is 128 Å². The Morgan fingerprint density at radius 2 is 1.86 bits per heavy atom. The fourth-order valence-electron chi connectivity index (χ4n) is 2.57. The molecule has 0 aliphatic heterocycles. The normalized spacial score (nSPS) is 14.4. The average molecular weight is 403 g/mol. The Hall–Kier alpha value is -3.27. The van der Waals surface area contributed by atoms with Crippen molar-refractivity contribution in [2.75, 3.05) is 0 Å². The number of carbonyl (C=O) groups is 1. The van der Waals surface area contributed by atoms with Gasteiger partial charge in [-0.15, -0.1) is 0 Å². The highest BCUT2D eigenvalue weighted by atomic mass is 32.2. The van der Waals surface area contributed by atoms with Gasteiger partial charge in [-0.2, -0.15) is 13.5 Å². The van der Waals surface area contributed by atoms with E-state index in [1.807, 2.05) is 0 Å². The predicted octanol–water partition coefficient (Wildman–Crippen LogP) is 2.61. The summed E-state index contributed by atoms with van der Waals surface area (Å²) in [6.45, 7) is 0. The number of hydrazone groups is 1. The van der Waals surface area contributed by atoms with Gasteiger partial charge in [-0.25, -0.2) is 5.43 Å². The Balaban J connectivity index is 1.81. The first-order valence-electron chi connectivity index (χ1n) is 8.48. The third kappa shape index (κ3) is 4.34. The fourth-order valence-corrected chi connectivity index (χ4v) is 3.69. The summed E-state index contributed by atoms with van der Waals surface area (Å²) in [5, 5.41) is 14.9. The summed E-state index contributed by atoms with van der Waals surface area (Å²) >= 11 is 0. The Morgan fingerprint density at radius 3 is 2.54 bits per heavy atom. The van der Waals surface area contributed by atoms with Gasteiger partial charge in [-0.05, 0) is 31.0 Å². The molecule has 0 heterocycles. The average Bonchev–Trinajstić information content (AvgIpc) is 2.61. The molecular weight excluding hydrogens is 386 g/mol. The van der Waals surface area contributed by atoms with Gasteiger partial charge in [0.05, 0.1) is 11.1 Å². The molecule has 1 aliphatic carbocycles. The molecule has 9 nitrogen and oxygen atoms in total. The van der Waals surface area contributed by atoms with Crippen molar-refractivity contribution in [3.63, 3.8) is 0 Å². The van der Waals surface area contributed by atoms with E-state index in [0.717, 1.165) is 31.4 Å². The molecule has 1 N–H and O–H groups in total. The number of benzene rings is 2. The Morgan fingerprint density at radius 1 is 1.18 bits per heavy atom. The summed E-state index contributed by atoms with van der Waals surface area (Å²) in [5.41, 5.74) is 2.12. The van der Waals surface area contributed by atoms with E-state index in [4.69, 9.17) is 4.18 Å². The van der Waals surface area contributed by atoms with Crippen molar-refractivity contribution in [3.05, 3.63) is 64.2 Å². The van der Waals surface area contributed by atoms with Crippen LogP contribution >= 0.6 is 0 Å². The van der Waals surface area contributed by atoms with E-state index < -0.39 is 25.6 Å². The third-order valence-electron chi connectivity index (χ3n) is 4.30. The van der Waals surface area contributed by atoms with Crippen molar-refractivity contribution < 1.29 is 22.3 Å². The molecule has 28 heavy (non-hydrogen) atoms. The number of hydrogen-bond donors (Lipinski definition) is 1. The maximum Gasteiger partial charge on any atom is 0.346 e. The number of amides is 1. The molecule has 1 saturated carbocycles. The summed E-state index contributed by atoms with van der Waals surface area (Å²) in [7, 11) is -4.45. The van der Waals surface area contributed by atoms with Gasteiger partial charge >= 0.3 is 10.1 Å². The Labute approximate surface area is 161 Å². The van der Waals surface area contributed by atoms with E-state index in [0.29, 0.717) is 5.56 Å². The summed E-state index contributed by atoms with van der Waals surface area (Å²) in [6.07, 6.45) is 3.94. The largest absolute Gasteiger partial charge is 0.378 e. The minimum absolute atomic E-state index is 0.0392. The summed E-state index contributed by atoms with van der Waals surface area (Å²) in [5.74, 6) is -0.293. The summed E-state index contributed by atoms with van der Waals surface area (Å²) in [6, 6.07) is 11.0. The van der Waals surface area contributed by atoms with Crippen LogP contribution in [0.5, 0.6) is 5.75 Å². The molecule has 0 saturated heterocycles. The van der Waals surface area contributed by atoms with Gasteiger partial charge < -0.3 is 4.18 Å². The molecule has 0 atom stereocenters. The number of hydrogen-bond acceptors (Lipinski definition) is 7. The number of rotatable bonds is 7. The van der Waals surface area contributed by atoms with Crippen LogP contribution in [0, 0.1) is 16.0 Å². The van der Waals surface area contributed by atoms with Gasteiger partial charge in [0.25, 0.3) is 5.69 Å². The smallest absolute Gasteiger partial charge is 0.346 e. The minimum Gasteiger partial charge on any atom is -0.378 e. The first-order valence-corrected chi connectivity index (χ1v) is 9.89. The van der Waals surface area contributed by atoms with E-state index in [1.54, 1.807) is 18.2 Å².